The maximum absolute atomic E-state index is 12.0. The summed E-state index contributed by atoms with van der Waals surface area (Å²) < 4.78 is 25.7. The van der Waals surface area contributed by atoms with Gasteiger partial charge in [-0.2, -0.15) is 0 Å². The number of rotatable bonds is 3. The van der Waals surface area contributed by atoms with Gasteiger partial charge >= 0.3 is 0 Å². The molecule has 2 aromatic heterocycles. The number of halogens is 2. The third-order valence-corrected chi connectivity index (χ3v) is 4.16. The third kappa shape index (κ3) is 4.93. The molecule has 27 heavy (non-hydrogen) atoms. The molecule has 4 rings (SSSR count). The average Bonchev–Trinajstić information content (AvgIpc) is 3.04. The van der Waals surface area contributed by atoms with Crippen molar-refractivity contribution in [2.45, 2.75) is 25.3 Å². The Bertz CT molecular complexity index is 906. The van der Waals surface area contributed by atoms with E-state index in [4.69, 9.17) is 0 Å². The van der Waals surface area contributed by atoms with Gasteiger partial charge in [0.25, 0.3) is 5.91 Å². The quantitative estimate of drug-likeness (QED) is 0.768. The van der Waals surface area contributed by atoms with Crippen molar-refractivity contribution in [2.75, 3.05) is 0 Å². The number of imidazole rings is 1. The van der Waals surface area contributed by atoms with E-state index in [0.29, 0.717) is 5.69 Å². The molecule has 3 aromatic rings. The lowest BCUT2D eigenvalue weighted by molar-refractivity contribution is 0.0906. The fraction of sp³-hybridized carbons (Fsp3) is 0.263. The van der Waals surface area contributed by atoms with Crippen molar-refractivity contribution in [3.8, 4) is 11.4 Å². The Balaban J connectivity index is 0.000000221. The fourth-order valence-electron chi connectivity index (χ4n) is 2.48. The number of aromatic nitrogens is 4. The van der Waals surface area contributed by atoms with Gasteiger partial charge < -0.3 is 9.88 Å². The number of hydrogen-bond donors (Lipinski definition) is 1. The van der Waals surface area contributed by atoms with Gasteiger partial charge in [-0.25, -0.2) is 23.7 Å². The van der Waals surface area contributed by atoms with E-state index in [0.717, 1.165) is 24.6 Å². The maximum Gasteiger partial charge on any atom is 0.289 e. The second-order valence-electron chi connectivity index (χ2n) is 6.20. The van der Waals surface area contributed by atoms with Crippen LogP contribution in [0.3, 0.4) is 0 Å². The predicted octanol–water partition coefficient (Wildman–Crippen LogP) is 3.12. The van der Waals surface area contributed by atoms with E-state index in [9.17, 15) is 13.6 Å². The predicted molar refractivity (Wildman–Crippen MR) is 95.7 cm³/mol. The molecular weight excluding hydrogens is 352 g/mol. The summed E-state index contributed by atoms with van der Waals surface area (Å²) in [5.41, 5.74) is 1.56. The molecule has 0 radical (unpaired) electrons. The topological polar surface area (TPSA) is 72.7 Å². The molecule has 1 fully saturated rings. The van der Waals surface area contributed by atoms with Crippen LogP contribution in [-0.2, 0) is 7.05 Å². The standard InChI is InChI=1S/C13H15N5O.C6H4F2/c1-18-8-14-7-11(18)10-5-6-15-12(17-10)13(19)16-9-3-2-4-9;7-5-2-1-3-6(8)4-5/h5-9H,2-4H2,1H3,(H,16,19);1-4H. The molecule has 6 nitrogen and oxygen atoms in total. The molecule has 1 aliphatic rings. The Morgan fingerprint density at radius 3 is 2.48 bits per heavy atom. The van der Waals surface area contributed by atoms with Crippen LogP contribution in [0, 0.1) is 11.6 Å². The monoisotopic (exact) mass is 371 g/mol. The summed E-state index contributed by atoms with van der Waals surface area (Å²) >= 11 is 0. The first-order chi connectivity index (χ1) is 13.0. The Labute approximate surface area is 155 Å². The average molecular weight is 371 g/mol. The van der Waals surface area contributed by atoms with E-state index in [-0.39, 0.29) is 17.8 Å². The van der Waals surface area contributed by atoms with Crippen molar-refractivity contribution in [2.24, 2.45) is 7.05 Å². The Morgan fingerprint density at radius 1 is 1.22 bits per heavy atom. The van der Waals surface area contributed by atoms with E-state index in [1.807, 2.05) is 11.6 Å². The highest BCUT2D eigenvalue weighted by atomic mass is 19.1. The summed E-state index contributed by atoms with van der Waals surface area (Å²) in [6.45, 7) is 0. The minimum atomic E-state index is -0.537. The largest absolute Gasteiger partial charge is 0.347 e. The maximum atomic E-state index is 12.0. The summed E-state index contributed by atoms with van der Waals surface area (Å²) in [5.74, 6) is -1.06. The molecule has 1 aromatic carbocycles. The summed E-state index contributed by atoms with van der Waals surface area (Å²) in [6.07, 6.45) is 8.30. The molecule has 1 amide bonds. The first-order valence-electron chi connectivity index (χ1n) is 8.54. The summed E-state index contributed by atoms with van der Waals surface area (Å²) in [7, 11) is 1.89. The van der Waals surface area contributed by atoms with E-state index in [1.54, 1.807) is 24.8 Å². The van der Waals surface area contributed by atoms with Gasteiger partial charge in [0, 0.05) is 25.4 Å². The second-order valence-corrected chi connectivity index (χ2v) is 6.20. The fourth-order valence-corrected chi connectivity index (χ4v) is 2.48. The van der Waals surface area contributed by atoms with E-state index in [1.165, 1.54) is 24.6 Å². The molecule has 0 atom stereocenters. The first-order valence-corrected chi connectivity index (χ1v) is 8.54. The van der Waals surface area contributed by atoms with Crippen molar-refractivity contribution >= 4 is 5.91 Å². The summed E-state index contributed by atoms with van der Waals surface area (Å²) in [6, 6.07) is 6.62. The number of carbonyl (C=O) groups is 1. The molecule has 0 unspecified atom stereocenters. The van der Waals surface area contributed by atoms with E-state index >= 15 is 0 Å². The Hall–Kier alpha value is -3.16. The molecule has 1 N–H and O–H groups in total. The minimum absolute atomic E-state index is 0.200. The molecule has 2 heterocycles. The van der Waals surface area contributed by atoms with Crippen LogP contribution >= 0.6 is 0 Å². The van der Waals surface area contributed by atoms with Gasteiger partial charge in [-0.3, -0.25) is 4.79 Å². The molecule has 1 aliphatic carbocycles. The number of aryl methyl sites for hydroxylation is 1. The zero-order valence-electron chi connectivity index (χ0n) is 14.8. The molecule has 0 aliphatic heterocycles. The molecule has 0 bridgehead atoms. The van der Waals surface area contributed by atoms with Gasteiger partial charge in [-0.1, -0.05) is 6.07 Å². The van der Waals surface area contributed by atoms with Crippen molar-refractivity contribution in [3.05, 3.63) is 66.5 Å². The molecule has 1 saturated carbocycles. The highest BCUT2D eigenvalue weighted by Crippen LogP contribution is 2.19. The zero-order chi connectivity index (χ0) is 19.2. The van der Waals surface area contributed by atoms with Gasteiger partial charge in [-0.15, -0.1) is 0 Å². The molecule has 0 saturated heterocycles. The van der Waals surface area contributed by atoms with Crippen molar-refractivity contribution in [3.63, 3.8) is 0 Å². The molecule has 0 spiro atoms. The zero-order valence-corrected chi connectivity index (χ0v) is 14.8. The Morgan fingerprint density at radius 2 is 1.96 bits per heavy atom. The Kier molecular flexibility index (Phi) is 5.85. The highest BCUT2D eigenvalue weighted by Gasteiger charge is 2.21. The third-order valence-electron chi connectivity index (χ3n) is 4.16. The van der Waals surface area contributed by atoms with Gasteiger partial charge in [0.15, 0.2) is 0 Å². The van der Waals surface area contributed by atoms with Gasteiger partial charge in [0.05, 0.1) is 23.9 Å². The van der Waals surface area contributed by atoms with E-state index < -0.39 is 11.6 Å². The normalized spacial score (nSPS) is 13.3. The number of nitrogens with zero attached hydrogens (tertiary/aromatic N) is 4. The number of nitrogens with one attached hydrogen (secondary N) is 1. The van der Waals surface area contributed by atoms with Crippen LogP contribution in [0.15, 0.2) is 49.1 Å². The highest BCUT2D eigenvalue weighted by molar-refractivity contribution is 5.91. The van der Waals surface area contributed by atoms with Crippen LogP contribution in [0.5, 0.6) is 0 Å². The van der Waals surface area contributed by atoms with Crippen LogP contribution in [0.25, 0.3) is 11.4 Å². The minimum Gasteiger partial charge on any atom is -0.347 e. The number of hydrogen-bond acceptors (Lipinski definition) is 4. The molecule has 140 valence electrons. The van der Waals surface area contributed by atoms with Crippen molar-refractivity contribution in [1.82, 2.24) is 24.8 Å². The van der Waals surface area contributed by atoms with Gasteiger partial charge in [-0.05, 0) is 37.5 Å². The van der Waals surface area contributed by atoms with Crippen LogP contribution in [-0.4, -0.2) is 31.5 Å². The lowest BCUT2D eigenvalue weighted by Gasteiger charge is -2.25. The number of benzene rings is 1. The van der Waals surface area contributed by atoms with Crippen molar-refractivity contribution in [1.29, 1.82) is 0 Å². The van der Waals surface area contributed by atoms with Crippen LogP contribution < -0.4 is 5.32 Å². The van der Waals surface area contributed by atoms with Crippen molar-refractivity contribution < 1.29 is 13.6 Å². The summed E-state index contributed by atoms with van der Waals surface area (Å²) in [4.78, 5) is 24.4. The molecule has 8 heteroatoms. The second kappa shape index (κ2) is 8.48. The number of carbonyl (C=O) groups excluding carboxylic acids is 1. The van der Waals surface area contributed by atoms with Crippen LogP contribution in [0.2, 0.25) is 0 Å². The smallest absolute Gasteiger partial charge is 0.289 e. The lowest BCUT2D eigenvalue weighted by atomic mass is 9.93. The lowest BCUT2D eigenvalue weighted by Crippen LogP contribution is -2.40. The van der Waals surface area contributed by atoms with E-state index in [2.05, 4.69) is 20.3 Å². The van der Waals surface area contributed by atoms with Gasteiger partial charge in [0.2, 0.25) is 5.82 Å². The molecular formula is C19H19F2N5O. The SMILES string of the molecule is Cn1cncc1-c1ccnc(C(=O)NC2CCC2)n1.Fc1cccc(F)c1. The van der Waals surface area contributed by atoms with Crippen LogP contribution in [0.4, 0.5) is 8.78 Å². The van der Waals surface area contributed by atoms with Crippen LogP contribution in [0.1, 0.15) is 29.9 Å². The summed E-state index contributed by atoms with van der Waals surface area (Å²) in [5, 5.41) is 2.93. The van der Waals surface area contributed by atoms with Gasteiger partial charge in [0.1, 0.15) is 11.6 Å². The number of amides is 1. The first kappa shape index (κ1) is 18.6.